The van der Waals surface area contributed by atoms with E-state index in [2.05, 4.69) is 0 Å². The van der Waals surface area contributed by atoms with Crippen LogP contribution in [0.4, 0.5) is 5.69 Å². The Morgan fingerprint density at radius 3 is 2.37 bits per heavy atom. The fraction of sp³-hybridized carbons (Fsp3) is 0.632. The summed E-state index contributed by atoms with van der Waals surface area (Å²) in [6, 6.07) is 4.30. The number of sulfonamides is 1. The van der Waals surface area contributed by atoms with E-state index < -0.39 is 16.1 Å². The van der Waals surface area contributed by atoms with Crippen molar-refractivity contribution in [2.75, 3.05) is 30.8 Å². The second kappa shape index (κ2) is 7.96. The van der Waals surface area contributed by atoms with Crippen molar-refractivity contribution in [1.29, 1.82) is 0 Å². The number of hydrogen-bond donors (Lipinski definition) is 0. The first kappa shape index (κ1) is 19.8. The van der Waals surface area contributed by atoms with Crippen LogP contribution in [0.15, 0.2) is 18.2 Å². The lowest BCUT2D eigenvalue weighted by molar-refractivity contribution is -0.133. The number of fused-ring (bicyclic) bond motifs is 1. The van der Waals surface area contributed by atoms with Gasteiger partial charge in [0, 0.05) is 19.2 Å². The molecule has 0 bridgehead atoms. The maximum absolute atomic E-state index is 13.1. The van der Waals surface area contributed by atoms with Gasteiger partial charge in [-0.2, -0.15) is 0 Å². The molecule has 1 saturated carbocycles. The fourth-order valence-electron chi connectivity index (χ4n) is 3.91. The van der Waals surface area contributed by atoms with Crippen molar-refractivity contribution in [3.05, 3.63) is 18.2 Å². The van der Waals surface area contributed by atoms with Crippen LogP contribution in [0.3, 0.4) is 0 Å². The number of carbonyl (C=O) groups excluding carboxylic acids is 1. The summed E-state index contributed by atoms with van der Waals surface area (Å²) >= 11 is 0. The summed E-state index contributed by atoms with van der Waals surface area (Å²) in [5.74, 6) is 0.881. The molecule has 0 unspecified atom stereocenters. The predicted octanol–water partition coefficient (Wildman–Crippen LogP) is 2.40. The monoisotopic (exact) mass is 396 g/mol. The molecule has 0 saturated heterocycles. The van der Waals surface area contributed by atoms with Crippen LogP contribution >= 0.6 is 0 Å². The lowest BCUT2D eigenvalue weighted by Crippen LogP contribution is -2.51. The molecule has 3 rings (SSSR count). The summed E-state index contributed by atoms with van der Waals surface area (Å²) in [5.41, 5.74) is 0.402. The summed E-state index contributed by atoms with van der Waals surface area (Å²) < 4.78 is 37.3. The first-order valence-corrected chi connectivity index (χ1v) is 11.3. The highest BCUT2D eigenvalue weighted by Gasteiger charge is 2.34. The van der Waals surface area contributed by atoms with E-state index in [1.165, 1.54) is 10.7 Å². The minimum Gasteiger partial charge on any atom is -0.486 e. The molecule has 0 aromatic heterocycles. The molecule has 2 aliphatic rings. The Morgan fingerprint density at radius 2 is 1.74 bits per heavy atom. The van der Waals surface area contributed by atoms with Crippen molar-refractivity contribution in [2.24, 2.45) is 0 Å². The molecule has 0 spiro atoms. The largest absolute Gasteiger partial charge is 0.486 e. The molecule has 1 atom stereocenters. The first-order valence-electron chi connectivity index (χ1n) is 9.45. The average Bonchev–Trinajstić information content (AvgIpc) is 2.66. The maximum Gasteiger partial charge on any atom is 0.246 e. The Labute approximate surface area is 161 Å². The lowest BCUT2D eigenvalue weighted by atomic mass is 9.94. The number of rotatable bonds is 5. The second-order valence-electron chi connectivity index (χ2n) is 7.30. The van der Waals surface area contributed by atoms with Gasteiger partial charge in [-0.1, -0.05) is 19.3 Å². The van der Waals surface area contributed by atoms with Crippen LogP contribution < -0.4 is 13.8 Å². The molecule has 1 heterocycles. The van der Waals surface area contributed by atoms with Gasteiger partial charge in [0.2, 0.25) is 15.9 Å². The average molecular weight is 397 g/mol. The SMILES string of the molecule is C[C@H](C(=O)N(C)C1CCCCC1)N(c1ccc2c(c1)OCCO2)S(C)(=O)=O. The highest BCUT2D eigenvalue weighted by molar-refractivity contribution is 7.92. The van der Waals surface area contributed by atoms with Gasteiger partial charge in [0.05, 0.1) is 11.9 Å². The number of benzene rings is 1. The normalized spacial score (nSPS) is 18.6. The fourth-order valence-corrected chi connectivity index (χ4v) is 5.08. The quantitative estimate of drug-likeness (QED) is 0.764. The van der Waals surface area contributed by atoms with E-state index in [1.54, 1.807) is 37.1 Å². The molecular weight excluding hydrogens is 368 g/mol. The minimum atomic E-state index is -3.66. The molecule has 8 heteroatoms. The van der Waals surface area contributed by atoms with Gasteiger partial charge < -0.3 is 14.4 Å². The second-order valence-corrected chi connectivity index (χ2v) is 9.16. The van der Waals surface area contributed by atoms with Crippen LogP contribution in [0.5, 0.6) is 11.5 Å². The zero-order valence-electron chi connectivity index (χ0n) is 16.2. The molecule has 0 N–H and O–H groups in total. The molecule has 0 radical (unpaired) electrons. The van der Waals surface area contributed by atoms with Gasteiger partial charge in [-0.25, -0.2) is 8.42 Å². The third-order valence-electron chi connectivity index (χ3n) is 5.32. The number of ether oxygens (including phenoxy) is 2. The van der Waals surface area contributed by atoms with Crippen LogP contribution in [0.2, 0.25) is 0 Å². The van der Waals surface area contributed by atoms with Crippen LogP contribution in [-0.2, 0) is 14.8 Å². The van der Waals surface area contributed by atoms with Gasteiger partial charge >= 0.3 is 0 Å². The summed E-state index contributed by atoms with van der Waals surface area (Å²) in [6.45, 7) is 2.51. The van der Waals surface area contributed by atoms with Gasteiger partial charge in [-0.15, -0.1) is 0 Å². The summed E-state index contributed by atoms with van der Waals surface area (Å²) in [6.07, 6.45) is 6.47. The minimum absolute atomic E-state index is 0.176. The molecule has 27 heavy (non-hydrogen) atoms. The van der Waals surface area contributed by atoms with E-state index in [4.69, 9.17) is 9.47 Å². The van der Waals surface area contributed by atoms with Crippen molar-refractivity contribution in [3.8, 4) is 11.5 Å². The third kappa shape index (κ3) is 4.31. The predicted molar refractivity (Wildman–Crippen MR) is 104 cm³/mol. The van der Waals surface area contributed by atoms with Crippen molar-refractivity contribution >= 4 is 21.6 Å². The standard InChI is InChI=1S/C19H28N2O5S/c1-14(19(22)20(2)15-7-5-4-6-8-15)21(27(3,23)24)16-9-10-17-18(13-16)26-12-11-25-17/h9-10,13-15H,4-8,11-12H2,1-3H3/t14-/m1/s1. The maximum atomic E-state index is 13.1. The van der Waals surface area contributed by atoms with Crippen LogP contribution in [0.25, 0.3) is 0 Å². The Bertz CT molecular complexity index is 789. The number of nitrogens with zero attached hydrogens (tertiary/aromatic N) is 2. The number of anilines is 1. The zero-order valence-corrected chi connectivity index (χ0v) is 17.0. The van der Waals surface area contributed by atoms with Crippen LogP contribution in [0.1, 0.15) is 39.0 Å². The van der Waals surface area contributed by atoms with Crippen LogP contribution in [-0.4, -0.2) is 57.8 Å². The molecule has 1 aliphatic carbocycles. The number of carbonyl (C=O) groups is 1. The highest BCUT2D eigenvalue weighted by Crippen LogP contribution is 2.35. The van der Waals surface area contributed by atoms with Gasteiger partial charge in [-0.3, -0.25) is 9.10 Å². The van der Waals surface area contributed by atoms with E-state index in [0.29, 0.717) is 30.4 Å². The molecule has 1 aromatic rings. The van der Waals surface area contributed by atoms with E-state index in [-0.39, 0.29) is 11.9 Å². The molecule has 150 valence electrons. The van der Waals surface area contributed by atoms with Gasteiger partial charge in [-0.05, 0) is 31.9 Å². The summed E-state index contributed by atoms with van der Waals surface area (Å²) in [5, 5.41) is 0. The molecule has 1 aliphatic heterocycles. The van der Waals surface area contributed by atoms with Crippen molar-refractivity contribution in [3.63, 3.8) is 0 Å². The van der Waals surface area contributed by atoms with E-state index >= 15 is 0 Å². The zero-order chi connectivity index (χ0) is 19.6. The first-order chi connectivity index (χ1) is 12.8. The topological polar surface area (TPSA) is 76.2 Å². The van der Waals surface area contributed by atoms with Crippen molar-refractivity contribution < 1.29 is 22.7 Å². The Balaban J connectivity index is 1.87. The van der Waals surface area contributed by atoms with Crippen LogP contribution in [0, 0.1) is 0 Å². The lowest BCUT2D eigenvalue weighted by Gasteiger charge is -2.36. The molecule has 1 amide bonds. The molecule has 7 nitrogen and oxygen atoms in total. The molecule has 1 fully saturated rings. The number of likely N-dealkylation sites (N-methyl/N-ethyl adjacent to an activating group) is 1. The van der Waals surface area contributed by atoms with Gasteiger partial charge in [0.15, 0.2) is 11.5 Å². The van der Waals surface area contributed by atoms with E-state index in [9.17, 15) is 13.2 Å². The van der Waals surface area contributed by atoms with Gasteiger partial charge in [0.1, 0.15) is 19.3 Å². The Morgan fingerprint density at radius 1 is 1.11 bits per heavy atom. The van der Waals surface area contributed by atoms with Crippen molar-refractivity contribution in [2.45, 2.75) is 51.1 Å². The number of amides is 1. The highest BCUT2D eigenvalue weighted by atomic mass is 32.2. The van der Waals surface area contributed by atoms with E-state index in [0.717, 1.165) is 31.9 Å². The number of hydrogen-bond acceptors (Lipinski definition) is 5. The van der Waals surface area contributed by atoms with Gasteiger partial charge in [0.25, 0.3) is 0 Å². The Hall–Kier alpha value is -1.96. The molecular formula is C19H28N2O5S. The summed E-state index contributed by atoms with van der Waals surface area (Å²) in [4.78, 5) is 14.8. The molecule has 1 aromatic carbocycles. The Kier molecular flexibility index (Phi) is 5.83. The smallest absolute Gasteiger partial charge is 0.246 e. The van der Waals surface area contributed by atoms with Crippen molar-refractivity contribution in [1.82, 2.24) is 4.90 Å². The van der Waals surface area contributed by atoms with E-state index in [1.807, 2.05) is 0 Å². The summed E-state index contributed by atoms with van der Waals surface area (Å²) in [7, 11) is -1.89. The third-order valence-corrected chi connectivity index (χ3v) is 6.56.